The first kappa shape index (κ1) is 15.9. The maximum Gasteiger partial charge on any atom is 0.139 e. The van der Waals surface area contributed by atoms with Crippen LogP contribution in [0.15, 0.2) is 35.7 Å². The van der Waals surface area contributed by atoms with E-state index in [9.17, 15) is 0 Å². The van der Waals surface area contributed by atoms with Gasteiger partial charge in [-0.15, -0.1) is 11.3 Å². The fraction of sp³-hybridized carbons (Fsp3) is 0.333. The topological polar surface area (TPSA) is 58.0 Å². The van der Waals surface area contributed by atoms with Crippen LogP contribution >= 0.6 is 11.3 Å². The van der Waals surface area contributed by atoms with Crippen LogP contribution in [0.5, 0.6) is 0 Å². The number of benzene rings is 1. The van der Waals surface area contributed by atoms with Gasteiger partial charge in [0.15, 0.2) is 0 Å². The van der Waals surface area contributed by atoms with E-state index in [1.165, 1.54) is 11.1 Å². The zero-order valence-corrected chi connectivity index (χ0v) is 14.1. The molecule has 1 aromatic carbocycles. The lowest BCUT2D eigenvalue weighted by molar-refractivity contribution is 0.283. The zero-order chi connectivity index (χ0) is 16.1. The zero-order valence-electron chi connectivity index (χ0n) is 13.2. The highest BCUT2D eigenvalue weighted by Crippen LogP contribution is 2.36. The second-order valence-electron chi connectivity index (χ2n) is 5.53. The van der Waals surface area contributed by atoms with E-state index in [4.69, 9.17) is 5.11 Å². The van der Waals surface area contributed by atoms with Crippen molar-refractivity contribution in [1.82, 2.24) is 9.97 Å². The fourth-order valence-electron chi connectivity index (χ4n) is 2.63. The summed E-state index contributed by atoms with van der Waals surface area (Å²) < 4.78 is 0. The van der Waals surface area contributed by atoms with E-state index in [1.807, 2.05) is 13.0 Å². The summed E-state index contributed by atoms with van der Waals surface area (Å²) >= 11 is 1.66. The molecule has 0 unspecified atom stereocenters. The van der Waals surface area contributed by atoms with Gasteiger partial charge in [-0.1, -0.05) is 30.3 Å². The second kappa shape index (κ2) is 7.53. The summed E-state index contributed by atoms with van der Waals surface area (Å²) in [4.78, 5) is 10.2. The van der Waals surface area contributed by atoms with Gasteiger partial charge in [-0.2, -0.15) is 0 Å². The van der Waals surface area contributed by atoms with E-state index in [0.29, 0.717) is 0 Å². The minimum atomic E-state index is 0.263. The van der Waals surface area contributed by atoms with Gasteiger partial charge in [0, 0.05) is 24.1 Å². The summed E-state index contributed by atoms with van der Waals surface area (Å²) in [6.07, 6.45) is 2.90. The number of nitrogens with zero attached hydrogens (tertiary/aromatic N) is 2. The number of hydrogen-bond donors (Lipinski definition) is 2. The molecule has 3 aromatic rings. The van der Waals surface area contributed by atoms with Gasteiger partial charge in [0.25, 0.3) is 0 Å². The van der Waals surface area contributed by atoms with Gasteiger partial charge in [0.05, 0.1) is 5.39 Å². The molecule has 0 radical (unpaired) electrons. The highest BCUT2D eigenvalue weighted by atomic mass is 32.1. The Morgan fingerprint density at radius 1 is 1.09 bits per heavy atom. The molecule has 0 aliphatic rings. The Bertz CT molecular complexity index is 771. The molecule has 2 N–H and O–H groups in total. The number of aliphatic hydroxyl groups is 1. The number of unbranched alkanes of at least 4 members (excludes halogenated alkanes) is 2. The van der Waals surface area contributed by atoms with Crippen LogP contribution in [0.25, 0.3) is 21.3 Å². The van der Waals surface area contributed by atoms with Crippen molar-refractivity contribution in [2.75, 3.05) is 18.5 Å². The first-order valence-corrected chi connectivity index (χ1v) is 8.83. The maximum atomic E-state index is 8.86. The van der Waals surface area contributed by atoms with Crippen LogP contribution in [0, 0.1) is 6.92 Å². The van der Waals surface area contributed by atoms with Gasteiger partial charge in [0.2, 0.25) is 0 Å². The number of anilines is 1. The Kier molecular flexibility index (Phi) is 5.20. The Morgan fingerprint density at radius 2 is 1.91 bits per heavy atom. The van der Waals surface area contributed by atoms with Gasteiger partial charge >= 0.3 is 0 Å². The van der Waals surface area contributed by atoms with Gasteiger partial charge in [0.1, 0.15) is 16.5 Å². The van der Waals surface area contributed by atoms with Crippen molar-refractivity contribution in [3.8, 4) is 11.1 Å². The molecule has 0 saturated heterocycles. The smallest absolute Gasteiger partial charge is 0.139 e. The number of thiophene rings is 1. The Balaban J connectivity index is 1.91. The van der Waals surface area contributed by atoms with Crippen molar-refractivity contribution in [1.29, 1.82) is 0 Å². The van der Waals surface area contributed by atoms with Crippen molar-refractivity contribution in [3.05, 3.63) is 41.5 Å². The maximum absolute atomic E-state index is 8.86. The molecule has 0 fully saturated rings. The molecule has 23 heavy (non-hydrogen) atoms. The Labute approximate surface area is 140 Å². The Morgan fingerprint density at radius 3 is 2.70 bits per heavy atom. The van der Waals surface area contributed by atoms with E-state index in [1.54, 1.807) is 11.3 Å². The van der Waals surface area contributed by atoms with E-state index in [2.05, 4.69) is 44.9 Å². The fourth-order valence-corrected chi connectivity index (χ4v) is 3.62. The largest absolute Gasteiger partial charge is 0.396 e. The normalized spacial score (nSPS) is 11.0. The van der Waals surface area contributed by atoms with Gasteiger partial charge in [-0.25, -0.2) is 9.97 Å². The van der Waals surface area contributed by atoms with Crippen LogP contribution in [0.3, 0.4) is 0 Å². The van der Waals surface area contributed by atoms with Crippen LogP contribution in [0.2, 0.25) is 0 Å². The molecule has 0 bridgehead atoms. The number of aliphatic hydroxyl groups excluding tert-OH is 1. The lowest BCUT2D eigenvalue weighted by Gasteiger charge is -2.09. The van der Waals surface area contributed by atoms with Gasteiger partial charge in [-0.05, 0) is 31.7 Å². The molecule has 0 saturated carbocycles. The minimum absolute atomic E-state index is 0.263. The molecule has 3 rings (SSSR count). The minimum Gasteiger partial charge on any atom is -0.396 e. The molecular formula is C18H21N3OS. The molecule has 5 heteroatoms. The summed E-state index contributed by atoms with van der Waals surface area (Å²) in [6, 6.07) is 10.4. The SMILES string of the molecule is Cc1nc(NCCCCCO)c2c(-c3ccccc3)csc2n1. The van der Waals surface area contributed by atoms with Crippen LogP contribution in [0.1, 0.15) is 25.1 Å². The van der Waals surface area contributed by atoms with Crippen molar-refractivity contribution >= 4 is 27.4 Å². The average Bonchev–Trinajstić information content (AvgIpc) is 2.99. The predicted molar refractivity (Wildman–Crippen MR) is 97.0 cm³/mol. The third kappa shape index (κ3) is 3.68. The molecule has 0 spiro atoms. The highest BCUT2D eigenvalue weighted by molar-refractivity contribution is 7.17. The molecule has 0 aliphatic heterocycles. The van der Waals surface area contributed by atoms with E-state index in [0.717, 1.165) is 47.7 Å². The molecule has 0 atom stereocenters. The van der Waals surface area contributed by atoms with Crippen LogP contribution < -0.4 is 5.32 Å². The summed E-state index contributed by atoms with van der Waals surface area (Å²) in [7, 11) is 0. The Hall–Kier alpha value is -1.98. The lowest BCUT2D eigenvalue weighted by atomic mass is 10.1. The second-order valence-corrected chi connectivity index (χ2v) is 6.38. The molecule has 0 aliphatic carbocycles. The van der Waals surface area contributed by atoms with E-state index >= 15 is 0 Å². The predicted octanol–water partition coefficient (Wildman–Crippen LogP) is 4.24. The monoisotopic (exact) mass is 327 g/mol. The molecule has 120 valence electrons. The number of rotatable bonds is 7. The quantitative estimate of drug-likeness (QED) is 0.637. The van der Waals surface area contributed by atoms with Crippen molar-refractivity contribution < 1.29 is 5.11 Å². The summed E-state index contributed by atoms with van der Waals surface area (Å²) in [5.74, 6) is 1.70. The molecule has 0 amide bonds. The standard InChI is InChI=1S/C18H21N3OS/c1-13-20-17(19-10-6-3-7-11-22)16-15(12-23-18(16)21-13)14-8-4-2-5-9-14/h2,4-5,8-9,12,22H,3,6-7,10-11H2,1H3,(H,19,20,21). The number of nitrogens with one attached hydrogen (secondary N) is 1. The van der Waals surface area contributed by atoms with E-state index in [-0.39, 0.29) is 6.61 Å². The number of aryl methyl sites for hydroxylation is 1. The molecule has 2 aromatic heterocycles. The van der Waals surface area contributed by atoms with Crippen molar-refractivity contribution in [3.63, 3.8) is 0 Å². The van der Waals surface area contributed by atoms with Crippen LogP contribution in [-0.2, 0) is 0 Å². The summed E-state index contributed by atoms with van der Waals surface area (Å²) in [5, 5.41) is 15.6. The summed E-state index contributed by atoms with van der Waals surface area (Å²) in [5.41, 5.74) is 2.37. The van der Waals surface area contributed by atoms with Crippen molar-refractivity contribution in [2.45, 2.75) is 26.2 Å². The van der Waals surface area contributed by atoms with Crippen LogP contribution in [0.4, 0.5) is 5.82 Å². The number of fused-ring (bicyclic) bond motifs is 1. The molecular weight excluding hydrogens is 306 g/mol. The summed E-state index contributed by atoms with van der Waals surface area (Å²) in [6.45, 7) is 3.05. The first-order chi connectivity index (χ1) is 11.3. The third-order valence-corrected chi connectivity index (χ3v) is 4.63. The first-order valence-electron chi connectivity index (χ1n) is 7.95. The van der Waals surface area contributed by atoms with E-state index < -0.39 is 0 Å². The number of aromatic nitrogens is 2. The average molecular weight is 327 g/mol. The lowest BCUT2D eigenvalue weighted by Crippen LogP contribution is -2.05. The van der Waals surface area contributed by atoms with Crippen LogP contribution in [-0.4, -0.2) is 28.2 Å². The molecule has 2 heterocycles. The van der Waals surface area contributed by atoms with Crippen molar-refractivity contribution in [2.24, 2.45) is 0 Å². The number of hydrogen-bond acceptors (Lipinski definition) is 5. The van der Waals surface area contributed by atoms with Gasteiger partial charge < -0.3 is 10.4 Å². The molecule has 4 nitrogen and oxygen atoms in total. The highest BCUT2D eigenvalue weighted by Gasteiger charge is 2.13. The van der Waals surface area contributed by atoms with Gasteiger partial charge in [-0.3, -0.25) is 0 Å². The third-order valence-electron chi connectivity index (χ3n) is 3.76.